The minimum atomic E-state index is -0.409. The van der Waals surface area contributed by atoms with Gasteiger partial charge in [-0.05, 0) is 42.5 Å². The van der Waals surface area contributed by atoms with Crippen molar-refractivity contribution >= 4 is 23.3 Å². The molecule has 2 heterocycles. The van der Waals surface area contributed by atoms with Crippen LogP contribution in [0.1, 0.15) is 5.56 Å². The topological polar surface area (TPSA) is 79.9 Å². The van der Waals surface area contributed by atoms with E-state index in [-0.39, 0.29) is 11.4 Å². The number of nitrogens with zero attached hydrogens (tertiary/aromatic N) is 3. The third kappa shape index (κ3) is 3.23. The summed E-state index contributed by atoms with van der Waals surface area (Å²) in [6.07, 6.45) is 0. The molecule has 0 saturated carbocycles. The second kappa shape index (κ2) is 7.67. The van der Waals surface area contributed by atoms with E-state index >= 15 is 0 Å². The minimum Gasteiger partial charge on any atom is -0.497 e. The second-order valence-electron chi connectivity index (χ2n) is 6.83. The van der Waals surface area contributed by atoms with Gasteiger partial charge in [-0.25, -0.2) is 4.98 Å². The summed E-state index contributed by atoms with van der Waals surface area (Å²) in [5.74, 6) is 1.43. The monoisotopic (exact) mass is 424 g/mol. The fourth-order valence-electron chi connectivity index (χ4n) is 3.51. The van der Waals surface area contributed by atoms with Crippen LogP contribution in [0.4, 0.5) is 11.5 Å². The maximum Gasteiger partial charge on any atom is 0.278 e. The molecule has 4 aromatic rings. The van der Waals surface area contributed by atoms with Crippen molar-refractivity contribution in [3.63, 3.8) is 0 Å². The fourth-order valence-corrected chi connectivity index (χ4v) is 4.58. The van der Waals surface area contributed by atoms with E-state index in [1.54, 1.807) is 31.0 Å². The number of nitriles is 1. The van der Waals surface area contributed by atoms with Gasteiger partial charge in [0.15, 0.2) is 17.2 Å². The van der Waals surface area contributed by atoms with Crippen molar-refractivity contribution in [3.05, 3.63) is 88.7 Å². The Bertz CT molecular complexity index is 1400. The Morgan fingerprint density at radius 2 is 1.71 bits per heavy atom. The molecular weight excluding hydrogens is 408 g/mol. The molecule has 0 atom stereocenters. The van der Waals surface area contributed by atoms with Gasteiger partial charge in [0.05, 0.1) is 12.8 Å². The predicted molar refractivity (Wildman–Crippen MR) is 120 cm³/mol. The highest BCUT2D eigenvalue weighted by atomic mass is 32.2. The zero-order valence-electron chi connectivity index (χ0n) is 16.5. The van der Waals surface area contributed by atoms with Crippen LogP contribution in [0.2, 0.25) is 0 Å². The second-order valence-corrected chi connectivity index (χ2v) is 7.91. The third-order valence-electron chi connectivity index (χ3n) is 5.00. The number of fused-ring (bicyclic) bond motifs is 5. The van der Waals surface area contributed by atoms with E-state index in [1.165, 1.54) is 4.57 Å². The van der Waals surface area contributed by atoms with Crippen LogP contribution in [-0.4, -0.2) is 16.7 Å². The van der Waals surface area contributed by atoms with Gasteiger partial charge in [-0.1, -0.05) is 42.1 Å². The zero-order chi connectivity index (χ0) is 21.4. The lowest BCUT2D eigenvalue weighted by Gasteiger charge is -2.15. The van der Waals surface area contributed by atoms with E-state index in [9.17, 15) is 10.1 Å². The summed E-state index contributed by atoms with van der Waals surface area (Å²) in [6.45, 7) is 0. The van der Waals surface area contributed by atoms with Crippen molar-refractivity contribution in [2.45, 2.75) is 9.79 Å². The lowest BCUT2D eigenvalue weighted by Crippen LogP contribution is -2.25. The highest BCUT2D eigenvalue weighted by Crippen LogP contribution is 2.42. The van der Waals surface area contributed by atoms with Gasteiger partial charge in [-0.3, -0.25) is 9.36 Å². The largest absolute Gasteiger partial charge is 0.497 e. The molecule has 5 rings (SSSR count). The van der Waals surface area contributed by atoms with Crippen LogP contribution in [0.25, 0.3) is 17.1 Å². The van der Waals surface area contributed by atoms with Crippen LogP contribution in [-0.2, 0) is 0 Å². The summed E-state index contributed by atoms with van der Waals surface area (Å²) >= 11 is 1.58. The first-order valence-electron chi connectivity index (χ1n) is 9.54. The number of benzene rings is 3. The van der Waals surface area contributed by atoms with Crippen molar-refractivity contribution in [1.82, 2.24) is 9.55 Å². The van der Waals surface area contributed by atoms with Gasteiger partial charge in [-0.15, -0.1) is 0 Å². The Morgan fingerprint density at radius 1 is 1.00 bits per heavy atom. The summed E-state index contributed by atoms with van der Waals surface area (Å²) in [6, 6.07) is 24.7. The SMILES string of the molecule is COc1ccc(Nc2nc3n(c(=O)c2C#N)-c2ccccc2Sc2ccccc2-3)cc1. The predicted octanol–water partition coefficient (Wildman–Crippen LogP) is 4.99. The number of hydrogen-bond acceptors (Lipinski definition) is 6. The number of rotatable bonds is 3. The summed E-state index contributed by atoms with van der Waals surface area (Å²) < 4.78 is 6.73. The molecule has 0 saturated heterocycles. The first kappa shape index (κ1) is 19.0. The fraction of sp³-hybridized carbons (Fsp3) is 0.0417. The van der Waals surface area contributed by atoms with Crippen LogP contribution >= 0.6 is 11.8 Å². The Balaban J connectivity index is 1.77. The molecule has 0 aliphatic carbocycles. The maximum atomic E-state index is 13.5. The molecule has 0 unspecified atom stereocenters. The Morgan fingerprint density at radius 3 is 2.45 bits per heavy atom. The molecule has 0 radical (unpaired) electrons. The molecule has 3 aromatic carbocycles. The Labute approximate surface area is 182 Å². The molecule has 0 fully saturated rings. The molecule has 6 nitrogen and oxygen atoms in total. The number of anilines is 2. The molecule has 150 valence electrons. The lowest BCUT2D eigenvalue weighted by molar-refractivity contribution is 0.415. The van der Waals surface area contributed by atoms with Crippen LogP contribution in [0.3, 0.4) is 0 Å². The number of para-hydroxylation sites is 1. The van der Waals surface area contributed by atoms with E-state index in [2.05, 4.69) is 5.32 Å². The highest BCUT2D eigenvalue weighted by Gasteiger charge is 2.25. The molecule has 7 heteroatoms. The maximum absolute atomic E-state index is 13.5. The molecule has 31 heavy (non-hydrogen) atoms. The van der Waals surface area contributed by atoms with Crippen molar-refractivity contribution in [3.8, 4) is 28.9 Å². The normalized spacial score (nSPS) is 11.4. The average molecular weight is 424 g/mol. The highest BCUT2D eigenvalue weighted by molar-refractivity contribution is 7.99. The molecule has 1 N–H and O–H groups in total. The van der Waals surface area contributed by atoms with Crippen LogP contribution in [0.15, 0.2) is 87.4 Å². The molecule has 1 aliphatic rings. The first-order chi connectivity index (χ1) is 15.2. The quantitative estimate of drug-likeness (QED) is 0.440. The number of nitrogens with one attached hydrogen (secondary N) is 1. The smallest absolute Gasteiger partial charge is 0.278 e. The Kier molecular flexibility index (Phi) is 4.69. The molecule has 0 bridgehead atoms. The van der Waals surface area contributed by atoms with E-state index in [1.807, 2.05) is 66.7 Å². The van der Waals surface area contributed by atoms with E-state index < -0.39 is 5.56 Å². The molecule has 1 aromatic heterocycles. The summed E-state index contributed by atoms with van der Waals surface area (Å²) in [4.78, 5) is 20.2. The van der Waals surface area contributed by atoms with Crippen molar-refractivity contribution in [2.75, 3.05) is 12.4 Å². The Hall–Kier alpha value is -4.02. The van der Waals surface area contributed by atoms with Gasteiger partial charge in [0, 0.05) is 21.0 Å². The van der Waals surface area contributed by atoms with Gasteiger partial charge in [-0.2, -0.15) is 5.26 Å². The van der Waals surface area contributed by atoms with Crippen molar-refractivity contribution in [1.29, 1.82) is 5.26 Å². The number of ether oxygens (including phenoxy) is 1. The molecule has 0 amide bonds. The van der Waals surface area contributed by atoms with Gasteiger partial charge >= 0.3 is 0 Å². The van der Waals surface area contributed by atoms with Crippen molar-refractivity contribution < 1.29 is 4.74 Å². The number of aromatic nitrogens is 2. The van der Waals surface area contributed by atoms with Crippen molar-refractivity contribution in [2.24, 2.45) is 0 Å². The molecule has 0 spiro atoms. The number of hydrogen-bond donors (Lipinski definition) is 1. The molecule has 1 aliphatic heterocycles. The minimum absolute atomic E-state index is 0.0428. The third-order valence-corrected chi connectivity index (χ3v) is 6.14. The van der Waals surface area contributed by atoms with E-state index in [4.69, 9.17) is 9.72 Å². The first-order valence-corrected chi connectivity index (χ1v) is 10.4. The van der Waals surface area contributed by atoms with Crippen LogP contribution in [0, 0.1) is 11.3 Å². The van der Waals surface area contributed by atoms with Gasteiger partial charge in [0.25, 0.3) is 5.56 Å². The summed E-state index contributed by atoms with van der Waals surface area (Å²) in [7, 11) is 1.60. The van der Waals surface area contributed by atoms with Gasteiger partial charge in [0.1, 0.15) is 11.8 Å². The summed E-state index contributed by atoms with van der Waals surface area (Å²) in [5, 5.41) is 12.9. The van der Waals surface area contributed by atoms with Gasteiger partial charge < -0.3 is 10.1 Å². The van der Waals surface area contributed by atoms with E-state index in [0.717, 1.165) is 15.4 Å². The van der Waals surface area contributed by atoms with Crippen LogP contribution in [0.5, 0.6) is 5.75 Å². The van der Waals surface area contributed by atoms with Crippen LogP contribution < -0.4 is 15.6 Å². The zero-order valence-corrected chi connectivity index (χ0v) is 17.3. The lowest BCUT2D eigenvalue weighted by atomic mass is 10.1. The average Bonchev–Trinajstić information content (AvgIpc) is 2.94. The number of methoxy groups -OCH3 is 1. The standard InChI is InChI=1S/C24H16N4O2S/c1-30-16-12-10-15(11-13-16)26-22-18(14-25)24(29)28-19-7-3-5-9-21(19)31-20-8-4-2-6-17(20)23(28)27-22/h2-13,26H,1H3. The molecular formula is C24H16N4O2S. The van der Waals surface area contributed by atoms with Gasteiger partial charge in [0.2, 0.25) is 0 Å². The summed E-state index contributed by atoms with van der Waals surface area (Å²) in [5.41, 5.74) is 1.80. The van der Waals surface area contributed by atoms with E-state index in [0.29, 0.717) is 22.9 Å².